The van der Waals surface area contributed by atoms with E-state index in [1.807, 2.05) is 0 Å². The molecule has 1 atom stereocenters. The van der Waals surface area contributed by atoms with Crippen molar-refractivity contribution in [2.24, 2.45) is 0 Å². The van der Waals surface area contributed by atoms with E-state index in [2.05, 4.69) is 219 Å². The van der Waals surface area contributed by atoms with Gasteiger partial charge in [0.2, 0.25) is 0 Å². The van der Waals surface area contributed by atoms with Crippen LogP contribution in [0.4, 0.5) is 17.1 Å². The van der Waals surface area contributed by atoms with Crippen LogP contribution in [0.3, 0.4) is 0 Å². The summed E-state index contributed by atoms with van der Waals surface area (Å²) >= 11 is 0. The van der Waals surface area contributed by atoms with Crippen molar-refractivity contribution in [3.63, 3.8) is 0 Å². The van der Waals surface area contributed by atoms with E-state index >= 15 is 0 Å². The maximum Gasteiger partial charge on any atom is 0.132 e. The fraction of sp³-hybridized carbons (Fsp3) is 0.0714. The Morgan fingerprint density at radius 1 is 0.345 bits per heavy atom. The molecular formula is C56H39NO. The van der Waals surface area contributed by atoms with Crippen LogP contribution in [0.2, 0.25) is 0 Å². The molecule has 0 amide bonds. The van der Waals surface area contributed by atoms with Crippen molar-refractivity contribution < 1.29 is 4.74 Å². The van der Waals surface area contributed by atoms with Crippen molar-refractivity contribution in [2.75, 3.05) is 4.90 Å². The van der Waals surface area contributed by atoms with E-state index < -0.39 is 5.41 Å². The highest BCUT2D eigenvalue weighted by molar-refractivity contribution is 5.94. The highest BCUT2D eigenvalue weighted by Crippen LogP contribution is 2.63. The quantitative estimate of drug-likeness (QED) is 0.178. The first-order chi connectivity index (χ1) is 28.5. The van der Waals surface area contributed by atoms with Crippen LogP contribution in [0.1, 0.15) is 47.2 Å². The number of hydrogen-bond donors (Lipinski definition) is 0. The fourth-order valence-electron chi connectivity index (χ4n) is 10.4. The maximum atomic E-state index is 6.73. The van der Waals surface area contributed by atoms with Gasteiger partial charge in [-0.2, -0.15) is 0 Å². The standard InChI is InChI=1S/C56H39NO/c1-55(2)47-20-10-8-18-43(47)45-30-29-42(35-51(45)55)57(40-16-4-3-5-17-40)41-27-24-36(25-28-41)39-26-31-49-46(32-39)44-19-9-11-21-48(44)56(49)50-22-12-13-23-53(50)58-54-34-38-15-7-6-14-37(38)33-52(54)56/h3-35H,1-2H3. The zero-order chi connectivity index (χ0) is 38.6. The lowest BCUT2D eigenvalue weighted by atomic mass is 9.65. The molecule has 0 aromatic heterocycles. The van der Waals surface area contributed by atoms with E-state index in [-0.39, 0.29) is 5.41 Å². The van der Waals surface area contributed by atoms with Crippen LogP contribution in [-0.4, -0.2) is 0 Å². The molecule has 0 radical (unpaired) electrons. The number of fused-ring (bicyclic) bond motifs is 13. The van der Waals surface area contributed by atoms with E-state index in [1.54, 1.807) is 0 Å². The van der Waals surface area contributed by atoms with Gasteiger partial charge in [0, 0.05) is 33.6 Å². The third kappa shape index (κ3) is 4.54. The van der Waals surface area contributed by atoms with Gasteiger partial charge in [-0.3, -0.25) is 0 Å². The summed E-state index contributed by atoms with van der Waals surface area (Å²) in [4.78, 5) is 2.38. The SMILES string of the molecule is CC1(C)c2ccccc2-c2ccc(N(c3ccccc3)c3ccc(-c4ccc5c(c4)-c4ccccc4C54c5ccccc5Oc5cc6ccccc6cc54)cc3)cc21. The number of rotatable bonds is 4. The van der Waals surface area contributed by atoms with Crippen LogP contribution in [0.5, 0.6) is 11.5 Å². The van der Waals surface area contributed by atoms with Gasteiger partial charge < -0.3 is 9.64 Å². The molecule has 0 N–H and O–H groups in total. The fourth-order valence-corrected chi connectivity index (χ4v) is 10.4. The predicted molar refractivity (Wildman–Crippen MR) is 239 cm³/mol. The van der Waals surface area contributed by atoms with Crippen LogP contribution in [0.25, 0.3) is 44.2 Å². The average Bonchev–Trinajstić information content (AvgIpc) is 3.69. The summed E-state index contributed by atoms with van der Waals surface area (Å²) in [5.41, 5.74) is 18.1. The molecule has 2 heteroatoms. The second-order valence-corrected chi connectivity index (χ2v) is 16.5. The van der Waals surface area contributed by atoms with Crippen LogP contribution < -0.4 is 9.64 Å². The monoisotopic (exact) mass is 741 g/mol. The van der Waals surface area contributed by atoms with Gasteiger partial charge in [0.15, 0.2) is 0 Å². The molecule has 9 aromatic rings. The number of benzene rings is 9. The summed E-state index contributed by atoms with van der Waals surface area (Å²) < 4.78 is 6.73. The van der Waals surface area contributed by atoms with Gasteiger partial charge in [-0.25, -0.2) is 0 Å². The third-order valence-corrected chi connectivity index (χ3v) is 13.1. The average molecular weight is 742 g/mol. The molecule has 0 fully saturated rings. The van der Waals surface area contributed by atoms with Gasteiger partial charge in [0.25, 0.3) is 0 Å². The van der Waals surface area contributed by atoms with Crippen molar-refractivity contribution in [1.29, 1.82) is 0 Å². The molecule has 274 valence electrons. The molecule has 1 heterocycles. The van der Waals surface area contributed by atoms with Crippen molar-refractivity contribution in [3.8, 4) is 44.9 Å². The summed E-state index contributed by atoms with van der Waals surface area (Å²) in [6.07, 6.45) is 0. The van der Waals surface area contributed by atoms with E-state index in [9.17, 15) is 0 Å². The topological polar surface area (TPSA) is 12.5 Å². The molecule has 58 heavy (non-hydrogen) atoms. The minimum absolute atomic E-state index is 0.0818. The van der Waals surface area contributed by atoms with Crippen LogP contribution in [0, 0.1) is 0 Å². The largest absolute Gasteiger partial charge is 0.457 e. The van der Waals surface area contributed by atoms with E-state index in [4.69, 9.17) is 4.74 Å². The number of nitrogens with zero attached hydrogens (tertiary/aromatic N) is 1. The van der Waals surface area contributed by atoms with Gasteiger partial charge in [0.05, 0.1) is 5.41 Å². The van der Waals surface area contributed by atoms with E-state index in [1.165, 1.54) is 77.5 Å². The van der Waals surface area contributed by atoms with Crippen molar-refractivity contribution in [3.05, 3.63) is 234 Å². The Morgan fingerprint density at radius 3 is 1.71 bits per heavy atom. The number of hydrogen-bond acceptors (Lipinski definition) is 2. The number of para-hydroxylation sites is 2. The molecule has 2 aliphatic carbocycles. The first-order valence-electron chi connectivity index (χ1n) is 20.3. The minimum Gasteiger partial charge on any atom is -0.457 e. The lowest BCUT2D eigenvalue weighted by Gasteiger charge is -2.39. The van der Waals surface area contributed by atoms with Gasteiger partial charge in [-0.05, 0) is 127 Å². The van der Waals surface area contributed by atoms with Crippen molar-refractivity contribution >= 4 is 27.8 Å². The highest BCUT2D eigenvalue weighted by Gasteiger charge is 2.51. The molecule has 2 nitrogen and oxygen atoms in total. The summed E-state index contributed by atoms with van der Waals surface area (Å²) in [6, 6.07) is 73.5. The molecule has 9 aromatic carbocycles. The Kier molecular flexibility index (Phi) is 6.93. The van der Waals surface area contributed by atoms with Gasteiger partial charge in [-0.15, -0.1) is 0 Å². The van der Waals surface area contributed by atoms with E-state index in [0.717, 1.165) is 28.6 Å². The van der Waals surface area contributed by atoms with Crippen molar-refractivity contribution in [1.82, 2.24) is 0 Å². The Labute approximate surface area is 339 Å². The second kappa shape index (κ2) is 12.2. The summed E-state index contributed by atoms with van der Waals surface area (Å²) in [5.74, 6) is 1.83. The smallest absolute Gasteiger partial charge is 0.132 e. The zero-order valence-corrected chi connectivity index (χ0v) is 32.4. The third-order valence-electron chi connectivity index (χ3n) is 13.1. The molecular weight excluding hydrogens is 703 g/mol. The maximum absolute atomic E-state index is 6.73. The lowest BCUT2D eigenvalue weighted by Crippen LogP contribution is -2.32. The Bertz CT molecular complexity index is 3120. The van der Waals surface area contributed by atoms with Crippen molar-refractivity contribution in [2.45, 2.75) is 24.7 Å². The normalized spacial score (nSPS) is 16.1. The first kappa shape index (κ1) is 33.0. The zero-order valence-electron chi connectivity index (χ0n) is 32.4. The minimum atomic E-state index is -0.509. The summed E-state index contributed by atoms with van der Waals surface area (Å²) in [6.45, 7) is 4.70. The Hall–Kier alpha value is -7.16. The van der Waals surface area contributed by atoms with Gasteiger partial charge >= 0.3 is 0 Å². The van der Waals surface area contributed by atoms with Gasteiger partial charge in [0.1, 0.15) is 11.5 Å². The molecule has 0 saturated carbocycles. The summed E-state index contributed by atoms with van der Waals surface area (Å²) in [5, 5.41) is 2.39. The Balaban J connectivity index is 0.982. The lowest BCUT2D eigenvalue weighted by molar-refractivity contribution is 0.437. The van der Waals surface area contributed by atoms with E-state index in [0.29, 0.717) is 0 Å². The highest BCUT2D eigenvalue weighted by atomic mass is 16.5. The summed E-state index contributed by atoms with van der Waals surface area (Å²) in [7, 11) is 0. The van der Waals surface area contributed by atoms with Gasteiger partial charge in [-0.1, -0.05) is 153 Å². The molecule has 12 rings (SSSR count). The van der Waals surface area contributed by atoms with Crippen LogP contribution >= 0.6 is 0 Å². The molecule has 3 aliphatic rings. The first-order valence-corrected chi connectivity index (χ1v) is 20.3. The molecule has 0 bridgehead atoms. The number of anilines is 3. The second-order valence-electron chi connectivity index (χ2n) is 16.5. The molecule has 1 spiro atoms. The van der Waals surface area contributed by atoms with Crippen LogP contribution in [-0.2, 0) is 10.8 Å². The predicted octanol–water partition coefficient (Wildman–Crippen LogP) is 14.8. The Morgan fingerprint density at radius 2 is 0.914 bits per heavy atom. The molecule has 1 unspecified atom stereocenters. The number of ether oxygens (including phenoxy) is 1. The molecule has 0 saturated heterocycles. The van der Waals surface area contributed by atoms with Crippen LogP contribution in [0.15, 0.2) is 200 Å². The molecule has 1 aliphatic heterocycles.